The lowest BCUT2D eigenvalue weighted by Crippen LogP contribution is -2.55. The minimum Gasteiger partial charge on any atom is -0.208 e. The van der Waals surface area contributed by atoms with Gasteiger partial charge in [0, 0.05) is 36.9 Å². The molecule has 0 fully saturated rings. The third kappa shape index (κ3) is 5.14. The number of aromatic nitrogens is 3. The summed E-state index contributed by atoms with van der Waals surface area (Å²) in [4.78, 5) is 15.4. The molecule has 0 aliphatic rings. The van der Waals surface area contributed by atoms with Crippen LogP contribution in [0.4, 0.5) is 0 Å². The van der Waals surface area contributed by atoms with E-state index in [1.807, 2.05) is 29.5 Å². The molecule has 0 aliphatic heterocycles. The van der Waals surface area contributed by atoms with Crippen LogP contribution in [-0.2, 0) is 0 Å². The summed E-state index contributed by atoms with van der Waals surface area (Å²) in [5.41, 5.74) is 11.8. The molecule has 2 heterocycles. The van der Waals surface area contributed by atoms with Crippen molar-refractivity contribution >= 4 is 130 Å². The van der Waals surface area contributed by atoms with Gasteiger partial charge in [0.25, 0.3) is 0 Å². The largest absolute Gasteiger partial charge is 0.208 e. The highest BCUT2D eigenvalue weighted by molar-refractivity contribution is 7.25. The van der Waals surface area contributed by atoms with Gasteiger partial charge in [0.2, 0.25) is 0 Å². The molecule has 0 atom stereocenters. The van der Waals surface area contributed by atoms with Crippen molar-refractivity contribution in [1.82, 2.24) is 15.0 Å². The molecule has 0 bridgehead atoms. The van der Waals surface area contributed by atoms with Gasteiger partial charge in [0.05, 0.1) is 0 Å². The summed E-state index contributed by atoms with van der Waals surface area (Å²) in [5.74, 6) is 2.09. The summed E-state index contributed by atoms with van der Waals surface area (Å²) < 4.78 is 2.48. The number of hydrogen-bond donors (Lipinski definition) is 0. The van der Waals surface area contributed by atoms with E-state index in [1.165, 1.54) is 90.9 Å². The molecule has 0 spiro atoms. The maximum absolute atomic E-state index is 5.20. The van der Waals surface area contributed by atoms with E-state index in [-0.39, 0.29) is 0 Å². The van der Waals surface area contributed by atoms with Crippen molar-refractivity contribution < 1.29 is 0 Å². The number of nitrogens with zero attached hydrogens (tertiary/aromatic N) is 3. The molecule has 3 nitrogen and oxygen atoms in total. The quantitative estimate of drug-likeness (QED) is 0.208. The van der Waals surface area contributed by atoms with E-state index in [4.69, 9.17) is 15.0 Å². The van der Waals surface area contributed by atoms with Crippen LogP contribution in [-0.4, -0.2) is 54.2 Å². The van der Waals surface area contributed by atoms with E-state index in [2.05, 4.69) is 154 Å². The molecule has 0 N–H and O–H groups in total. The molecular weight excluding hydrogens is 669 g/mol. The predicted molar refractivity (Wildman–Crippen MR) is 248 cm³/mol. The summed E-state index contributed by atoms with van der Waals surface area (Å²) >= 11 is 1.82. The van der Waals surface area contributed by atoms with Crippen LogP contribution in [0.15, 0.2) is 133 Å². The van der Waals surface area contributed by atoms with Gasteiger partial charge in [-0.1, -0.05) is 120 Å². The van der Waals surface area contributed by atoms with Crippen LogP contribution in [0.2, 0.25) is 0 Å². The van der Waals surface area contributed by atoms with Crippen molar-refractivity contribution in [3.05, 3.63) is 133 Å². The number of hydrogen-bond acceptors (Lipinski definition) is 4. The van der Waals surface area contributed by atoms with E-state index in [0.717, 1.165) is 22.5 Å². The zero-order valence-corrected chi connectivity index (χ0v) is 31.8. The number of benzene rings is 8. The van der Waals surface area contributed by atoms with Gasteiger partial charge in [-0.25, -0.2) is 15.0 Å². The van der Waals surface area contributed by atoms with E-state index < -0.39 is 0 Å². The zero-order valence-electron chi connectivity index (χ0n) is 31.0. The highest BCUT2D eigenvalue weighted by atomic mass is 32.1. The Balaban J connectivity index is 1.11. The van der Waals surface area contributed by atoms with E-state index in [1.54, 1.807) is 0 Å². The van der Waals surface area contributed by atoms with Gasteiger partial charge in [0.1, 0.15) is 39.2 Å². The second-order valence-electron chi connectivity index (χ2n) is 14.5. The molecule has 0 aliphatic carbocycles. The first-order chi connectivity index (χ1) is 26.3. The summed E-state index contributed by atoms with van der Waals surface area (Å²) in [6.07, 6.45) is 0. The fourth-order valence-electron chi connectivity index (χ4n) is 8.35. The average molecular weight is 701 g/mol. The van der Waals surface area contributed by atoms with Crippen molar-refractivity contribution in [2.75, 3.05) is 0 Å². The molecule has 0 saturated heterocycles. The van der Waals surface area contributed by atoms with E-state index >= 15 is 0 Å². The molecular formula is C45H32B5N3S. The Kier molecular flexibility index (Phi) is 7.64. The molecule has 0 amide bonds. The van der Waals surface area contributed by atoms with Gasteiger partial charge >= 0.3 is 0 Å². The van der Waals surface area contributed by atoms with Crippen molar-refractivity contribution in [3.8, 4) is 45.3 Å². The first-order valence-corrected chi connectivity index (χ1v) is 19.3. The van der Waals surface area contributed by atoms with E-state index in [9.17, 15) is 0 Å². The standard InChI is InChI=1S/C45H32B5N3S/c46-38-37(39(47)41(49)42(50)40(38)48)45-52-43(23-8-2-1-3-9-23)51-44(53-45)26-15-18-32-34-21-25(16-19-35(34)54-36(32)22-26)24-14-17-31-29-12-5-4-10-27(29)28-11-6-7-13-30(28)33(31)20-24/h1-22H,46-50H2. The number of rotatable bonds is 4. The van der Waals surface area contributed by atoms with Crippen LogP contribution >= 0.6 is 11.3 Å². The fourth-order valence-corrected chi connectivity index (χ4v) is 9.48. The van der Waals surface area contributed by atoms with E-state index in [0.29, 0.717) is 11.6 Å². The van der Waals surface area contributed by atoms with Gasteiger partial charge in [-0.3, -0.25) is 0 Å². The highest BCUT2D eigenvalue weighted by Gasteiger charge is 2.19. The molecule has 248 valence electrons. The van der Waals surface area contributed by atoms with Gasteiger partial charge in [-0.05, 0) is 67.7 Å². The third-order valence-corrected chi connectivity index (χ3v) is 12.8. The molecule has 0 saturated carbocycles. The van der Waals surface area contributed by atoms with Crippen molar-refractivity contribution in [1.29, 1.82) is 0 Å². The molecule has 0 unspecified atom stereocenters. The molecule has 8 aromatic carbocycles. The topological polar surface area (TPSA) is 38.7 Å². The summed E-state index contributed by atoms with van der Waals surface area (Å²) in [7, 11) is 11.0. The van der Waals surface area contributed by atoms with Gasteiger partial charge < -0.3 is 0 Å². The number of thiophene rings is 1. The lowest BCUT2D eigenvalue weighted by Gasteiger charge is -2.20. The van der Waals surface area contributed by atoms with Crippen LogP contribution in [0.3, 0.4) is 0 Å². The zero-order chi connectivity index (χ0) is 36.7. The Bertz CT molecular complexity index is 3120. The van der Waals surface area contributed by atoms with Gasteiger partial charge in [0.15, 0.2) is 17.5 Å². The molecule has 10 aromatic rings. The Morgan fingerprint density at radius 2 is 0.778 bits per heavy atom. The Morgan fingerprint density at radius 3 is 1.43 bits per heavy atom. The summed E-state index contributed by atoms with van der Waals surface area (Å²) in [6.45, 7) is 0. The molecule has 10 rings (SSSR count). The number of fused-ring (bicyclic) bond motifs is 9. The lowest BCUT2D eigenvalue weighted by atomic mass is 9.60. The lowest BCUT2D eigenvalue weighted by molar-refractivity contribution is 1.08. The van der Waals surface area contributed by atoms with Gasteiger partial charge in [-0.2, -0.15) is 0 Å². The van der Waals surface area contributed by atoms with Gasteiger partial charge in [-0.15, -0.1) is 27.7 Å². The Labute approximate surface area is 322 Å². The van der Waals surface area contributed by atoms with Crippen LogP contribution in [0.1, 0.15) is 0 Å². The van der Waals surface area contributed by atoms with Crippen LogP contribution < -0.4 is 27.3 Å². The Morgan fingerprint density at radius 1 is 0.315 bits per heavy atom. The maximum Gasteiger partial charge on any atom is 0.164 e. The predicted octanol–water partition coefficient (Wildman–Crippen LogP) is 3.66. The highest BCUT2D eigenvalue weighted by Crippen LogP contribution is 2.40. The summed E-state index contributed by atoms with van der Waals surface area (Å²) in [6, 6.07) is 48.3. The third-order valence-electron chi connectivity index (χ3n) is 11.7. The van der Waals surface area contributed by atoms with Crippen molar-refractivity contribution in [2.24, 2.45) is 0 Å². The minimum atomic E-state index is 0.683. The second kappa shape index (κ2) is 12.6. The monoisotopic (exact) mass is 701 g/mol. The normalized spacial score (nSPS) is 11.7. The second-order valence-corrected chi connectivity index (χ2v) is 15.6. The first-order valence-electron chi connectivity index (χ1n) is 18.5. The molecule has 0 radical (unpaired) electrons. The SMILES string of the molecule is Bc1c(B)c(B)c(-c2nc(-c3ccccc3)nc(-c3ccc4c(c3)sc3ccc(-c5ccc6c7ccccc7c7ccccc7c6c5)cc34)n2)c(B)c1B. The summed E-state index contributed by atoms with van der Waals surface area (Å²) in [5, 5.41) is 10.3. The van der Waals surface area contributed by atoms with Crippen LogP contribution in [0, 0.1) is 0 Å². The smallest absolute Gasteiger partial charge is 0.164 e. The molecule has 54 heavy (non-hydrogen) atoms. The van der Waals surface area contributed by atoms with Crippen molar-refractivity contribution in [2.45, 2.75) is 0 Å². The average Bonchev–Trinajstić information content (AvgIpc) is 3.60. The fraction of sp³-hybridized carbons (Fsp3) is 0. The first kappa shape index (κ1) is 32.7. The molecule has 2 aromatic heterocycles. The van der Waals surface area contributed by atoms with Crippen LogP contribution in [0.5, 0.6) is 0 Å². The molecule has 9 heteroatoms. The minimum absolute atomic E-state index is 0.683. The maximum atomic E-state index is 5.20. The van der Waals surface area contributed by atoms with Crippen molar-refractivity contribution in [3.63, 3.8) is 0 Å². The van der Waals surface area contributed by atoms with Crippen LogP contribution in [0.25, 0.3) is 97.8 Å². The Hall–Kier alpha value is -5.91.